The van der Waals surface area contributed by atoms with Crippen molar-refractivity contribution in [2.24, 2.45) is 5.41 Å². The van der Waals surface area contributed by atoms with Gasteiger partial charge < -0.3 is 5.11 Å². The van der Waals surface area contributed by atoms with Crippen LogP contribution in [0.25, 0.3) is 0 Å². The van der Waals surface area contributed by atoms with Crippen molar-refractivity contribution in [3.63, 3.8) is 0 Å². The van der Waals surface area contributed by atoms with Crippen molar-refractivity contribution in [1.29, 1.82) is 0 Å². The summed E-state index contributed by atoms with van der Waals surface area (Å²) in [5.41, 5.74) is 0.580. The van der Waals surface area contributed by atoms with Crippen LogP contribution in [-0.2, 0) is 11.3 Å². The average molecular weight is 254 g/mol. The fourth-order valence-corrected chi connectivity index (χ4v) is 2.34. The fourth-order valence-electron chi connectivity index (χ4n) is 2.21. The minimum absolute atomic E-state index is 0.591. The number of carboxylic acids is 1. The van der Waals surface area contributed by atoms with Gasteiger partial charge in [0.1, 0.15) is 0 Å². The van der Waals surface area contributed by atoms with Crippen LogP contribution in [0.4, 0.5) is 0 Å². The second kappa shape index (κ2) is 4.67. The largest absolute Gasteiger partial charge is 0.481 e. The molecule has 4 heteroatoms. The Morgan fingerprint density at radius 2 is 2.12 bits per heavy atom. The van der Waals surface area contributed by atoms with E-state index in [-0.39, 0.29) is 0 Å². The first-order valence-electron chi connectivity index (χ1n) is 5.70. The van der Waals surface area contributed by atoms with Crippen LogP contribution in [0.1, 0.15) is 18.9 Å². The Kier molecular flexibility index (Phi) is 3.40. The van der Waals surface area contributed by atoms with E-state index in [0.717, 1.165) is 24.5 Å². The molecule has 0 aliphatic carbocycles. The van der Waals surface area contributed by atoms with Gasteiger partial charge >= 0.3 is 5.97 Å². The van der Waals surface area contributed by atoms with Crippen LogP contribution in [0.5, 0.6) is 0 Å². The van der Waals surface area contributed by atoms with Crippen LogP contribution in [0.2, 0.25) is 5.02 Å². The molecule has 0 saturated carbocycles. The summed E-state index contributed by atoms with van der Waals surface area (Å²) in [5.74, 6) is -0.698. The van der Waals surface area contributed by atoms with Crippen LogP contribution in [-0.4, -0.2) is 29.1 Å². The van der Waals surface area contributed by atoms with E-state index in [1.165, 1.54) is 5.56 Å². The topological polar surface area (TPSA) is 40.5 Å². The highest BCUT2D eigenvalue weighted by Gasteiger charge is 2.40. The van der Waals surface area contributed by atoms with E-state index in [2.05, 4.69) is 4.90 Å². The lowest BCUT2D eigenvalue weighted by Crippen LogP contribution is -2.31. The van der Waals surface area contributed by atoms with Gasteiger partial charge in [-0.2, -0.15) is 0 Å². The number of aliphatic carboxylic acids is 1. The van der Waals surface area contributed by atoms with Crippen molar-refractivity contribution in [3.05, 3.63) is 34.9 Å². The van der Waals surface area contributed by atoms with Crippen LogP contribution in [0, 0.1) is 5.41 Å². The maximum atomic E-state index is 11.1. The highest BCUT2D eigenvalue weighted by atomic mass is 35.5. The molecule has 3 nitrogen and oxygen atoms in total. The number of benzene rings is 1. The molecule has 1 N–H and O–H groups in total. The Bertz CT molecular complexity index is 418. The second-order valence-electron chi connectivity index (χ2n) is 4.95. The molecule has 0 amide bonds. The highest BCUT2D eigenvalue weighted by Crippen LogP contribution is 2.31. The fraction of sp³-hybridized carbons (Fsp3) is 0.462. The molecular weight excluding hydrogens is 238 g/mol. The second-order valence-corrected chi connectivity index (χ2v) is 5.39. The smallest absolute Gasteiger partial charge is 0.310 e. The summed E-state index contributed by atoms with van der Waals surface area (Å²) in [6, 6.07) is 7.70. The summed E-state index contributed by atoms with van der Waals surface area (Å²) in [4.78, 5) is 13.3. The number of carbonyl (C=O) groups is 1. The molecule has 1 aliphatic rings. The van der Waals surface area contributed by atoms with Gasteiger partial charge in [-0.25, -0.2) is 0 Å². The minimum atomic E-state index is -0.698. The van der Waals surface area contributed by atoms with Gasteiger partial charge in [0.25, 0.3) is 0 Å². The Labute approximate surface area is 106 Å². The first kappa shape index (κ1) is 12.4. The maximum absolute atomic E-state index is 11.1. The monoisotopic (exact) mass is 253 g/mol. The Morgan fingerprint density at radius 1 is 1.47 bits per heavy atom. The zero-order chi connectivity index (χ0) is 12.5. The van der Waals surface area contributed by atoms with Gasteiger partial charge in [0, 0.05) is 18.1 Å². The average Bonchev–Trinajstić information content (AvgIpc) is 2.65. The van der Waals surface area contributed by atoms with Crippen LogP contribution >= 0.6 is 11.6 Å². The summed E-state index contributed by atoms with van der Waals surface area (Å²) in [5, 5.41) is 9.88. The predicted molar refractivity (Wildman–Crippen MR) is 67.1 cm³/mol. The van der Waals surface area contributed by atoms with Crippen molar-refractivity contribution in [2.45, 2.75) is 19.9 Å². The molecule has 0 aromatic heterocycles. The molecule has 1 saturated heterocycles. The number of nitrogens with zero attached hydrogens (tertiary/aromatic N) is 1. The van der Waals surface area contributed by atoms with Crippen molar-refractivity contribution in [2.75, 3.05) is 13.1 Å². The third-order valence-corrected chi connectivity index (χ3v) is 3.64. The van der Waals surface area contributed by atoms with E-state index in [0.29, 0.717) is 6.54 Å². The predicted octanol–water partition coefficient (Wildman–Crippen LogP) is 2.64. The lowest BCUT2D eigenvalue weighted by atomic mass is 9.90. The first-order valence-corrected chi connectivity index (χ1v) is 6.08. The van der Waals surface area contributed by atoms with Crippen molar-refractivity contribution in [3.8, 4) is 0 Å². The molecule has 1 aromatic carbocycles. The maximum Gasteiger partial charge on any atom is 0.310 e. The van der Waals surface area contributed by atoms with E-state index in [1.807, 2.05) is 31.2 Å². The third kappa shape index (κ3) is 2.79. The van der Waals surface area contributed by atoms with Gasteiger partial charge in [0.15, 0.2) is 0 Å². The molecule has 0 bridgehead atoms. The van der Waals surface area contributed by atoms with E-state index in [1.54, 1.807) is 0 Å². The molecule has 1 aliphatic heterocycles. The molecule has 0 spiro atoms. The number of rotatable bonds is 3. The normalized spacial score (nSPS) is 25.1. The van der Waals surface area contributed by atoms with Gasteiger partial charge in [-0.3, -0.25) is 9.69 Å². The zero-order valence-electron chi connectivity index (χ0n) is 9.82. The number of likely N-dealkylation sites (tertiary alicyclic amines) is 1. The minimum Gasteiger partial charge on any atom is -0.481 e. The lowest BCUT2D eigenvalue weighted by molar-refractivity contribution is -0.147. The highest BCUT2D eigenvalue weighted by molar-refractivity contribution is 6.30. The summed E-state index contributed by atoms with van der Waals surface area (Å²) in [6.45, 7) is 4.06. The summed E-state index contributed by atoms with van der Waals surface area (Å²) >= 11 is 5.82. The molecule has 1 fully saturated rings. The quantitative estimate of drug-likeness (QED) is 0.900. The van der Waals surface area contributed by atoms with Gasteiger partial charge in [-0.15, -0.1) is 0 Å². The van der Waals surface area contributed by atoms with E-state index < -0.39 is 11.4 Å². The number of hydrogen-bond acceptors (Lipinski definition) is 2. The molecule has 17 heavy (non-hydrogen) atoms. The van der Waals surface area contributed by atoms with E-state index >= 15 is 0 Å². The molecule has 1 atom stereocenters. The molecule has 92 valence electrons. The number of hydrogen-bond donors (Lipinski definition) is 1. The van der Waals surface area contributed by atoms with Crippen LogP contribution in [0.3, 0.4) is 0 Å². The van der Waals surface area contributed by atoms with Crippen molar-refractivity contribution < 1.29 is 9.90 Å². The first-order chi connectivity index (χ1) is 7.99. The van der Waals surface area contributed by atoms with Crippen LogP contribution < -0.4 is 0 Å². The molecule has 1 heterocycles. The molecular formula is C13H16ClNO2. The summed E-state index contributed by atoms with van der Waals surface area (Å²) < 4.78 is 0. The molecule has 0 radical (unpaired) electrons. The zero-order valence-corrected chi connectivity index (χ0v) is 10.6. The molecule has 1 aromatic rings. The van der Waals surface area contributed by atoms with E-state index in [9.17, 15) is 4.79 Å². The Morgan fingerprint density at radius 3 is 2.65 bits per heavy atom. The Hall–Kier alpha value is -1.06. The number of carboxylic acid groups (broad SMARTS) is 1. The van der Waals surface area contributed by atoms with Crippen LogP contribution in [0.15, 0.2) is 24.3 Å². The van der Waals surface area contributed by atoms with E-state index in [4.69, 9.17) is 16.7 Å². The molecule has 1 unspecified atom stereocenters. The summed E-state index contributed by atoms with van der Waals surface area (Å²) in [7, 11) is 0. The standard InChI is InChI=1S/C13H16ClNO2/c1-13(12(16)17)6-7-15(9-13)8-10-2-4-11(14)5-3-10/h2-5H,6-9H2,1H3,(H,16,17). The molecule has 2 rings (SSSR count). The Balaban J connectivity index is 1.98. The van der Waals surface area contributed by atoms with Gasteiger partial charge in [0.2, 0.25) is 0 Å². The third-order valence-electron chi connectivity index (χ3n) is 3.39. The van der Waals surface area contributed by atoms with Gasteiger partial charge in [-0.05, 0) is 37.6 Å². The van der Waals surface area contributed by atoms with Gasteiger partial charge in [0.05, 0.1) is 5.41 Å². The lowest BCUT2D eigenvalue weighted by Gasteiger charge is -2.20. The van der Waals surface area contributed by atoms with Gasteiger partial charge in [-0.1, -0.05) is 23.7 Å². The van der Waals surface area contributed by atoms with Crippen molar-refractivity contribution >= 4 is 17.6 Å². The summed E-state index contributed by atoms with van der Waals surface area (Å²) in [6.07, 6.45) is 0.718. The SMILES string of the molecule is CC1(C(=O)O)CCN(Cc2ccc(Cl)cc2)C1. The van der Waals surface area contributed by atoms with Crippen molar-refractivity contribution in [1.82, 2.24) is 4.90 Å². The number of halogens is 1.